The lowest BCUT2D eigenvalue weighted by atomic mass is 10.1. The molecule has 3 nitrogen and oxygen atoms in total. The minimum absolute atomic E-state index is 0.0707. The Kier molecular flexibility index (Phi) is 3.61. The first kappa shape index (κ1) is 11.6. The number of rotatable bonds is 4. The van der Waals surface area contributed by atoms with Gasteiger partial charge in [-0.2, -0.15) is 0 Å². The van der Waals surface area contributed by atoms with E-state index in [9.17, 15) is 0 Å². The highest BCUT2D eigenvalue weighted by molar-refractivity contribution is 7.09. The van der Waals surface area contributed by atoms with Gasteiger partial charge < -0.3 is 10.1 Å². The van der Waals surface area contributed by atoms with Crippen LogP contribution >= 0.6 is 11.3 Å². The van der Waals surface area contributed by atoms with E-state index in [0.717, 1.165) is 24.4 Å². The Morgan fingerprint density at radius 2 is 2.50 bits per heavy atom. The predicted octanol–water partition coefficient (Wildman–Crippen LogP) is 2.66. The molecule has 1 unspecified atom stereocenters. The van der Waals surface area contributed by atoms with Gasteiger partial charge in [0.05, 0.1) is 11.8 Å². The van der Waals surface area contributed by atoms with Gasteiger partial charge in [-0.25, -0.2) is 4.98 Å². The molecule has 1 aliphatic heterocycles. The summed E-state index contributed by atoms with van der Waals surface area (Å²) in [5.41, 5.74) is -0.0707. The average Bonchev–Trinajstić information content (AvgIpc) is 2.82. The van der Waals surface area contributed by atoms with Crippen molar-refractivity contribution in [2.45, 2.75) is 38.3 Å². The third-order valence-corrected chi connectivity index (χ3v) is 3.86. The van der Waals surface area contributed by atoms with E-state index < -0.39 is 0 Å². The summed E-state index contributed by atoms with van der Waals surface area (Å²) < 4.78 is 5.53. The van der Waals surface area contributed by atoms with Gasteiger partial charge in [0.1, 0.15) is 11.1 Å². The van der Waals surface area contributed by atoms with Crippen LogP contribution in [0.3, 0.4) is 0 Å². The third-order valence-electron chi connectivity index (χ3n) is 2.76. The molecule has 2 heterocycles. The van der Waals surface area contributed by atoms with Gasteiger partial charge in [0.2, 0.25) is 0 Å². The Morgan fingerprint density at radius 1 is 1.62 bits per heavy atom. The molecule has 1 aliphatic rings. The smallest absolute Gasteiger partial charge is 0.112 e. The predicted molar refractivity (Wildman–Crippen MR) is 66.4 cm³/mol. The Hall–Kier alpha value is -0.870. The fraction of sp³-hybridized carbons (Fsp3) is 0.583. The van der Waals surface area contributed by atoms with E-state index in [0.29, 0.717) is 6.10 Å². The number of aromatic nitrogens is 1. The molecule has 0 saturated carbocycles. The maximum absolute atomic E-state index is 5.53. The lowest BCUT2D eigenvalue weighted by molar-refractivity contribution is 0.113. The molecule has 0 aliphatic carbocycles. The molecule has 0 radical (unpaired) electrons. The van der Waals surface area contributed by atoms with Crippen molar-refractivity contribution < 1.29 is 4.74 Å². The van der Waals surface area contributed by atoms with Crippen molar-refractivity contribution in [2.75, 3.05) is 6.54 Å². The van der Waals surface area contributed by atoms with Crippen LogP contribution in [-0.2, 0) is 10.3 Å². The van der Waals surface area contributed by atoms with E-state index >= 15 is 0 Å². The standard InChI is InChI=1S/C12H18N2OS/c1-12(2,11-13-6-8-16-11)14-9-10-5-3-4-7-15-10/h4,6-8,10,14H,3,5,9H2,1-2H3. The highest BCUT2D eigenvalue weighted by atomic mass is 32.1. The summed E-state index contributed by atoms with van der Waals surface area (Å²) in [4.78, 5) is 4.35. The van der Waals surface area contributed by atoms with Gasteiger partial charge in [-0.15, -0.1) is 11.3 Å². The van der Waals surface area contributed by atoms with Crippen molar-refractivity contribution in [1.29, 1.82) is 0 Å². The van der Waals surface area contributed by atoms with E-state index in [4.69, 9.17) is 4.74 Å². The Balaban J connectivity index is 1.87. The number of ether oxygens (including phenoxy) is 1. The number of nitrogens with one attached hydrogen (secondary N) is 1. The first-order valence-electron chi connectivity index (χ1n) is 5.64. The monoisotopic (exact) mass is 238 g/mol. The van der Waals surface area contributed by atoms with E-state index in [1.165, 1.54) is 0 Å². The summed E-state index contributed by atoms with van der Waals surface area (Å²) in [7, 11) is 0. The van der Waals surface area contributed by atoms with Crippen molar-refractivity contribution in [3.8, 4) is 0 Å². The van der Waals surface area contributed by atoms with Crippen molar-refractivity contribution >= 4 is 11.3 Å². The SMILES string of the molecule is CC(C)(NCC1CCC=CO1)c1nccs1. The topological polar surface area (TPSA) is 34.1 Å². The van der Waals surface area contributed by atoms with E-state index in [2.05, 4.69) is 30.2 Å². The molecule has 88 valence electrons. The summed E-state index contributed by atoms with van der Waals surface area (Å²) in [5, 5.41) is 6.66. The molecule has 0 spiro atoms. The third kappa shape index (κ3) is 2.83. The highest BCUT2D eigenvalue weighted by Gasteiger charge is 2.24. The summed E-state index contributed by atoms with van der Waals surface area (Å²) in [6.07, 6.45) is 8.24. The van der Waals surface area contributed by atoms with Gasteiger partial charge in [-0.05, 0) is 32.8 Å². The maximum atomic E-state index is 5.53. The molecule has 0 amide bonds. The first-order chi connectivity index (χ1) is 7.68. The first-order valence-corrected chi connectivity index (χ1v) is 6.52. The van der Waals surface area contributed by atoms with Crippen LogP contribution in [0.4, 0.5) is 0 Å². The molecule has 0 bridgehead atoms. The highest BCUT2D eigenvalue weighted by Crippen LogP contribution is 2.22. The summed E-state index contributed by atoms with van der Waals surface area (Å²) in [6.45, 7) is 5.19. The van der Waals surface area contributed by atoms with E-state index in [-0.39, 0.29) is 5.54 Å². The van der Waals surface area contributed by atoms with E-state index in [1.807, 2.05) is 17.8 Å². The minimum atomic E-state index is -0.0707. The molecule has 0 fully saturated rings. The van der Waals surface area contributed by atoms with Crippen LogP contribution in [-0.4, -0.2) is 17.6 Å². The summed E-state index contributed by atoms with van der Waals surface area (Å²) in [6, 6.07) is 0. The quantitative estimate of drug-likeness (QED) is 0.875. The van der Waals surface area contributed by atoms with E-state index in [1.54, 1.807) is 11.3 Å². The lowest BCUT2D eigenvalue weighted by Crippen LogP contribution is -2.41. The zero-order valence-electron chi connectivity index (χ0n) is 9.77. The maximum Gasteiger partial charge on any atom is 0.112 e. The van der Waals surface area contributed by atoms with Crippen molar-refractivity contribution in [3.63, 3.8) is 0 Å². The second-order valence-electron chi connectivity index (χ2n) is 4.55. The van der Waals surface area contributed by atoms with Crippen LogP contribution in [0.1, 0.15) is 31.7 Å². The number of allylic oxidation sites excluding steroid dienone is 1. The van der Waals surface area contributed by atoms with Crippen molar-refractivity contribution in [1.82, 2.24) is 10.3 Å². The molecular weight excluding hydrogens is 220 g/mol. The molecule has 1 atom stereocenters. The van der Waals surface area contributed by atoms with Gasteiger partial charge >= 0.3 is 0 Å². The normalized spacial score (nSPS) is 20.8. The van der Waals surface area contributed by atoms with Crippen molar-refractivity contribution in [3.05, 3.63) is 28.9 Å². The van der Waals surface area contributed by atoms with Gasteiger partial charge in [-0.1, -0.05) is 0 Å². The zero-order valence-corrected chi connectivity index (χ0v) is 10.6. The molecule has 4 heteroatoms. The van der Waals surface area contributed by atoms with Crippen LogP contribution < -0.4 is 5.32 Å². The number of hydrogen-bond donors (Lipinski definition) is 1. The van der Waals surface area contributed by atoms with Gasteiger partial charge in [0.25, 0.3) is 0 Å². The minimum Gasteiger partial charge on any atom is -0.497 e. The average molecular weight is 238 g/mol. The zero-order chi connectivity index (χ0) is 11.4. The second-order valence-corrected chi connectivity index (χ2v) is 5.44. The summed E-state index contributed by atoms with van der Waals surface area (Å²) >= 11 is 1.69. The molecule has 2 rings (SSSR count). The summed E-state index contributed by atoms with van der Waals surface area (Å²) in [5.74, 6) is 0. The molecule has 0 aromatic carbocycles. The van der Waals surface area contributed by atoms with Gasteiger partial charge in [0.15, 0.2) is 0 Å². The Morgan fingerprint density at radius 3 is 3.12 bits per heavy atom. The van der Waals surface area contributed by atoms with Crippen LogP contribution in [0, 0.1) is 0 Å². The fourth-order valence-electron chi connectivity index (χ4n) is 1.71. The number of nitrogens with zero attached hydrogens (tertiary/aromatic N) is 1. The Bertz CT molecular complexity index is 346. The van der Waals surface area contributed by atoms with Gasteiger partial charge in [0, 0.05) is 18.1 Å². The molecule has 16 heavy (non-hydrogen) atoms. The molecular formula is C12H18N2OS. The van der Waals surface area contributed by atoms with Crippen LogP contribution in [0.5, 0.6) is 0 Å². The van der Waals surface area contributed by atoms with Gasteiger partial charge in [-0.3, -0.25) is 0 Å². The van der Waals surface area contributed by atoms with Crippen molar-refractivity contribution in [2.24, 2.45) is 0 Å². The molecule has 1 aromatic rings. The molecule has 1 N–H and O–H groups in total. The lowest BCUT2D eigenvalue weighted by Gasteiger charge is -2.28. The fourth-order valence-corrected chi connectivity index (χ4v) is 2.45. The number of hydrogen-bond acceptors (Lipinski definition) is 4. The Labute approximate surface area is 101 Å². The molecule has 1 aromatic heterocycles. The second kappa shape index (κ2) is 4.97. The molecule has 0 saturated heterocycles. The van der Waals surface area contributed by atoms with Crippen LogP contribution in [0.2, 0.25) is 0 Å². The number of thiazole rings is 1. The van der Waals surface area contributed by atoms with Crippen LogP contribution in [0.15, 0.2) is 23.9 Å². The van der Waals surface area contributed by atoms with Crippen LogP contribution in [0.25, 0.3) is 0 Å². The largest absolute Gasteiger partial charge is 0.497 e.